The third-order valence-corrected chi connectivity index (χ3v) is 19.5. The maximum Gasteiger partial charge on any atom is 0.312 e. The second-order valence-electron chi connectivity index (χ2n) is 19.0. The minimum Gasteiger partial charge on any atom is -0.487 e. The summed E-state index contributed by atoms with van der Waals surface area (Å²) < 4.78 is 48.6. The van der Waals surface area contributed by atoms with E-state index in [4.69, 9.17) is 25.5 Å². The lowest BCUT2D eigenvalue weighted by molar-refractivity contribution is -0.168. The standard InChI is InChI=1S/C47H56ClF2N5O6Si/c1-45(2,3)62(31-13-9-7-10-14-31,32-15-11-8-12-16-32)61-30-19-21-46(4,44(58)59-6)34(25-30)43(57)55-24-20-33-35(48)17-18-38(60-28-36-41(42(49)50)53(5)52-51-36)40(33)37(55)27-54-29-47(22-23-47)26-39(54)56/h7-18,30,34,37,42H,19-29H2,1-6H3/t30-,34+,37-,46+/m1/s1. The monoisotopic (exact) mass is 887 g/mol. The lowest BCUT2D eigenvalue weighted by atomic mass is 9.65. The van der Waals surface area contributed by atoms with Gasteiger partial charge in [0.1, 0.15) is 23.7 Å². The number of alkyl halides is 2. The molecule has 3 fully saturated rings. The number of methoxy groups -OCH3 is 1. The van der Waals surface area contributed by atoms with Crippen LogP contribution in [-0.4, -0.2) is 83.7 Å². The Balaban J connectivity index is 1.19. The smallest absolute Gasteiger partial charge is 0.312 e. The van der Waals surface area contributed by atoms with Crippen molar-refractivity contribution >= 4 is 48.1 Å². The fourth-order valence-corrected chi connectivity index (χ4v) is 15.5. The van der Waals surface area contributed by atoms with Crippen molar-refractivity contribution in [2.24, 2.45) is 23.8 Å². The average molecular weight is 889 g/mol. The van der Waals surface area contributed by atoms with Crippen molar-refractivity contribution in [1.29, 1.82) is 0 Å². The zero-order valence-corrected chi connectivity index (χ0v) is 38.1. The molecule has 2 saturated carbocycles. The molecule has 4 aromatic rings. The molecule has 3 aromatic carbocycles. The van der Waals surface area contributed by atoms with E-state index in [2.05, 4.69) is 55.3 Å². The number of amides is 2. The SMILES string of the molecule is COC(=O)[C@@]1(C)CC[C@@H](O[Si](c2ccccc2)(c2ccccc2)C(C)(C)C)C[C@H]1C(=O)N1CCc2c(Cl)ccc(OCc3nnn(C)c3C(F)F)c2[C@H]1CN1CC2(CC2)CC1=O. The number of esters is 1. The summed E-state index contributed by atoms with van der Waals surface area (Å²) in [6, 6.07) is 23.4. The van der Waals surface area contributed by atoms with Crippen LogP contribution in [0.2, 0.25) is 10.1 Å². The van der Waals surface area contributed by atoms with Crippen molar-refractivity contribution in [3.63, 3.8) is 0 Å². The van der Waals surface area contributed by atoms with Crippen LogP contribution in [0, 0.1) is 16.7 Å². The molecule has 4 atom stereocenters. The van der Waals surface area contributed by atoms with E-state index in [9.17, 15) is 18.4 Å². The second-order valence-corrected chi connectivity index (χ2v) is 23.6. The van der Waals surface area contributed by atoms with Gasteiger partial charge in [0.05, 0.1) is 24.5 Å². The number of halogens is 3. The highest BCUT2D eigenvalue weighted by molar-refractivity contribution is 6.99. The van der Waals surface area contributed by atoms with Gasteiger partial charge < -0.3 is 23.7 Å². The number of carbonyl (C=O) groups excluding carboxylic acids is 3. The summed E-state index contributed by atoms with van der Waals surface area (Å²) in [5.41, 5.74) is -0.235. The number of benzene rings is 3. The largest absolute Gasteiger partial charge is 0.487 e. The van der Waals surface area contributed by atoms with Crippen LogP contribution < -0.4 is 15.1 Å². The zero-order valence-electron chi connectivity index (χ0n) is 36.3. The van der Waals surface area contributed by atoms with E-state index < -0.39 is 38.1 Å². The summed E-state index contributed by atoms with van der Waals surface area (Å²) in [7, 11) is -0.301. The van der Waals surface area contributed by atoms with Gasteiger partial charge in [-0.15, -0.1) is 5.10 Å². The first-order valence-electron chi connectivity index (χ1n) is 21.6. The van der Waals surface area contributed by atoms with E-state index in [0.29, 0.717) is 48.6 Å². The quantitative estimate of drug-likeness (QED) is 0.107. The number of fused-ring (bicyclic) bond motifs is 1. The van der Waals surface area contributed by atoms with Crippen LogP contribution in [0.25, 0.3) is 0 Å². The van der Waals surface area contributed by atoms with Crippen molar-refractivity contribution < 1.29 is 37.1 Å². The number of hydrogen-bond donors (Lipinski definition) is 0. The molecule has 1 saturated heterocycles. The lowest BCUT2D eigenvalue weighted by Crippen LogP contribution is -2.68. The van der Waals surface area contributed by atoms with Crippen LogP contribution in [0.5, 0.6) is 5.75 Å². The zero-order chi connectivity index (χ0) is 44.2. The third kappa shape index (κ3) is 7.84. The van der Waals surface area contributed by atoms with Crippen LogP contribution in [0.1, 0.15) is 101 Å². The third-order valence-electron chi connectivity index (χ3n) is 14.1. The molecule has 0 unspecified atom stereocenters. The van der Waals surface area contributed by atoms with E-state index in [1.165, 1.54) is 14.2 Å². The number of aromatic nitrogens is 3. The van der Waals surface area contributed by atoms with Gasteiger partial charge in [-0.05, 0) is 84.0 Å². The Morgan fingerprint density at radius 1 is 1.00 bits per heavy atom. The molecule has 1 aromatic heterocycles. The number of ether oxygens (including phenoxy) is 2. The number of rotatable bonds is 12. The lowest BCUT2D eigenvalue weighted by Gasteiger charge is -2.50. The van der Waals surface area contributed by atoms with E-state index in [0.717, 1.165) is 33.5 Å². The van der Waals surface area contributed by atoms with Gasteiger partial charge in [0.15, 0.2) is 0 Å². The van der Waals surface area contributed by atoms with Crippen LogP contribution in [0.4, 0.5) is 8.78 Å². The first-order valence-corrected chi connectivity index (χ1v) is 23.9. The maximum absolute atomic E-state index is 15.7. The molecule has 2 amide bonds. The number of hydrogen-bond acceptors (Lipinski definition) is 8. The second kappa shape index (κ2) is 16.8. The number of nitrogens with zero attached hydrogens (tertiary/aromatic N) is 5. The molecule has 4 aliphatic rings. The topological polar surface area (TPSA) is 116 Å². The van der Waals surface area contributed by atoms with Gasteiger partial charge >= 0.3 is 5.97 Å². The highest BCUT2D eigenvalue weighted by Crippen LogP contribution is 2.54. The fourth-order valence-electron chi connectivity index (χ4n) is 10.5. The maximum atomic E-state index is 15.7. The molecule has 0 radical (unpaired) electrons. The molecule has 0 bridgehead atoms. The normalized spacial score (nSPS) is 23.5. The van der Waals surface area contributed by atoms with Gasteiger partial charge in [-0.25, -0.2) is 13.5 Å². The number of aryl methyl sites for hydroxylation is 1. The molecule has 330 valence electrons. The van der Waals surface area contributed by atoms with Gasteiger partial charge in [0.25, 0.3) is 14.7 Å². The average Bonchev–Trinajstić information content (AvgIpc) is 3.79. The molecule has 2 aliphatic heterocycles. The molecule has 11 nitrogen and oxygen atoms in total. The fraction of sp³-hybridized carbons (Fsp3) is 0.511. The van der Waals surface area contributed by atoms with Gasteiger partial charge in [-0.2, -0.15) is 0 Å². The van der Waals surface area contributed by atoms with E-state index >= 15 is 4.79 Å². The molecule has 2 aliphatic carbocycles. The molecular formula is C47H56ClF2N5O6Si. The predicted molar refractivity (Wildman–Crippen MR) is 233 cm³/mol. The molecule has 62 heavy (non-hydrogen) atoms. The Morgan fingerprint density at radius 3 is 2.24 bits per heavy atom. The van der Waals surface area contributed by atoms with Crippen molar-refractivity contribution in [3.8, 4) is 5.75 Å². The van der Waals surface area contributed by atoms with Crippen LogP contribution in [0.3, 0.4) is 0 Å². The van der Waals surface area contributed by atoms with Gasteiger partial charge in [0, 0.05) is 49.8 Å². The molecule has 1 spiro atoms. The van der Waals surface area contributed by atoms with Crippen molar-refractivity contribution in [2.75, 3.05) is 26.7 Å². The summed E-state index contributed by atoms with van der Waals surface area (Å²) in [6.45, 7) is 9.17. The minimum absolute atomic E-state index is 0.0140. The molecule has 0 N–H and O–H groups in total. The van der Waals surface area contributed by atoms with Gasteiger partial charge in [0.2, 0.25) is 11.8 Å². The summed E-state index contributed by atoms with van der Waals surface area (Å²) in [4.78, 5) is 47.0. The summed E-state index contributed by atoms with van der Waals surface area (Å²) in [5.74, 6) is -1.21. The Bertz CT molecular complexity index is 2280. The van der Waals surface area contributed by atoms with Crippen LogP contribution in [0.15, 0.2) is 72.8 Å². The molecular weight excluding hydrogens is 832 g/mol. The Kier molecular flexibility index (Phi) is 11.9. The first kappa shape index (κ1) is 44.0. The van der Waals surface area contributed by atoms with Gasteiger partial charge in [-0.3, -0.25) is 14.4 Å². The van der Waals surface area contributed by atoms with Crippen LogP contribution >= 0.6 is 11.6 Å². The molecule has 15 heteroatoms. The van der Waals surface area contributed by atoms with Crippen molar-refractivity contribution in [1.82, 2.24) is 24.8 Å². The molecule has 8 rings (SSSR count). The Hall–Kier alpha value is -4.66. The van der Waals surface area contributed by atoms with Gasteiger partial charge in [-0.1, -0.05) is 98.2 Å². The summed E-state index contributed by atoms with van der Waals surface area (Å²) in [5, 5.41) is 10.1. The van der Waals surface area contributed by atoms with E-state index in [-0.39, 0.29) is 65.9 Å². The number of carbonyl (C=O) groups is 3. The Morgan fingerprint density at radius 2 is 1.66 bits per heavy atom. The minimum atomic E-state index is -3.06. The van der Waals surface area contributed by atoms with Crippen molar-refractivity contribution in [3.05, 3.63) is 100 Å². The predicted octanol–water partition coefficient (Wildman–Crippen LogP) is 7.35. The highest BCUT2D eigenvalue weighted by Gasteiger charge is 2.57. The summed E-state index contributed by atoms with van der Waals surface area (Å²) in [6.07, 6.45) is 0.691. The summed E-state index contributed by atoms with van der Waals surface area (Å²) >= 11 is 6.93. The van der Waals surface area contributed by atoms with E-state index in [1.54, 1.807) is 17.0 Å². The Labute approximate surface area is 368 Å². The van der Waals surface area contributed by atoms with Crippen molar-refractivity contribution in [2.45, 2.75) is 103 Å². The highest BCUT2D eigenvalue weighted by atomic mass is 35.5. The number of likely N-dealkylation sites (tertiary alicyclic amines) is 1. The first-order chi connectivity index (χ1) is 29.5. The van der Waals surface area contributed by atoms with E-state index in [1.807, 2.05) is 48.2 Å². The molecule has 3 heterocycles. The van der Waals surface area contributed by atoms with Crippen LogP contribution in [-0.2, 0) is 43.6 Å².